The Morgan fingerprint density at radius 2 is 1.72 bits per heavy atom. The van der Waals surface area contributed by atoms with Gasteiger partial charge in [0.25, 0.3) is 5.91 Å². The van der Waals surface area contributed by atoms with Gasteiger partial charge in [-0.25, -0.2) is 0 Å². The maximum atomic E-state index is 13.6. The first-order chi connectivity index (χ1) is 15.6. The molecule has 1 fully saturated rings. The minimum Gasteiger partial charge on any atom is -0.457 e. The average Bonchev–Trinajstić information content (AvgIpc) is 3.02. The molecule has 0 aromatic heterocycles. The fourth-order valence-corrected chi connectivity index (χ4v) is 4.04. The summed E-state index contributed by atoms with van der Waals surface area (Å²) in [6.45, 7) is 2.91. The first-order valence-electron chi connectivity index (χ1n) is 11.1. The highest BCUT2D eigenvalue weighted by atomic mass is 16.5. The molecule has 5 heteroatoms. The molecular formula is C27H28N2O3. The summed E-state index contributed by atoms with van der Waals surface area (Å²) in [5.41, 5.74) is 2.44. The van der Waals surface area contributed by atoms with Crippen LogP contribution in [0.15, 0.2) is 78.9 Å². The number of para-hydroxylation sites is 1. The van der Waals surface area contributed by atoms with Crippen LogP contribution in [-0.2, 0) is 11.3 Å². The molecule has 0 radical (unpaired) electrons. The van der Waals surface area contributed by atoms with Crippen molar-refractivity contribution >= 4 is 11.8 Å². The van der Waals surface area contributed by atoms with Crippen molar-refractivity contribution in [3.05, 3.63) is 95.6 Å². The molecule has 1 atom stereocenters. The second kappa shape index (κ2) is 10.1. The maximum Gasteiger partial charge on any atom is 0.255 e. The summed E-state index contributed by atoms with van der Waals surface area (Å²) < 4.78 is 5.97. The van der Waals surface area contributed by atoms with E-state index in [1.54, 1.807) is 4.90 Å². The van der Waals surface area contributed by atoms with E-state index < -0.39 is 6.04 Å². The minimum absolute atomic E-state index is 0.0823. The second-order valence-electron chi connectivity index (χ2n) is 8.11. The van der Waals surface area contributed by atoms with E-state index in [-0.39, 0.29) is 11.8 Å². The molecule has 1 aliphatic rings. The zero-order chi connectivity index (χ0) is 22.3. The van der Waals surface area contributed by atoms with Crippen LogP contribution in [0.3, 0.4) is 0 Å². The lowest BCUT2D eigenvalue weighted by molar-refractivity contribution is -0.125. The van der Waals surface area contributed by atoms with E-state index in [1.165, 1.54) is 0 Å². The number of aryl methyl sites for hydroxylation is 1. The predicted octanol–water partition coefficient (Wildman–Crippen LogP) is 5.10. The minimum atomic E-state index is -0.497. The van der Waals surface area contributed by atoms with Crippen molar-refractivity contribution in [1.82, 2.24) is 10.2 Å². The van der Waals surface area contributed by atoms with E-state index in [4.69, 9.17) is 4.74 Å². The van der Waals surface area contributed by atoms with Crippen molar-refractivity contribution in [1.29, 1.82) is 0 Å². The Morgan fingerprint density at radius 3 is 2.53 bits per heavy atom. The van der Waals surface area contributed by atoms with Crippen molar-refractivity contribution in [3.63, 3.8) is 0 Å². The molecule has 0 bridgehead atoms. The number of benzene rings is 3. The lowest BCUT2D eigenvalue weighted by Gasteiger charge is -2.31. The molecule has 3 aromatic rings. The first-order valence-corrected chi connectivity index (χ1v) is 11.1. The number of nitrogens with zero attached hydrogens (tertiary/aromatic N) is 1. The molecule has 1 aliphatic heterocycles. The van der Waals surface area contributed by atoms with E-state index in [1.807, 2.05) is 85.8 Å². The zero-order valence-electron chi connectivity index (χ0n) is 18.3. The molecule has 0 spiro atoms. The summed E-state index contributed by atoms with van der Waals surface area (Å²) in [4.78, 5) is 28.2. The van der Waals surface area contributed by atoms with Gasteiger partial charge in [0.15, 0.2) is 0 Å². The van der Waals surface area contributed by atoms with E-state index in [0.29, 0.717) is 30.8 Å². The Bertz CT molecular complexity index is 1080. The summed E-state index contributed by atoms with van der Waals surface area (Å²) in [5.74, 6) is 1.24. The summed E-state index contributed by atoms with van der Waals surface area (Å²) >= 11 is 0. The van der Waals surface area contributed by atoms with Gasteiger partial charge in [-0.3, -0.25) is 9.59 Å². The molecule has 3 aromatic carbocycles. The lowest BCUT2D eigenvalue weighted by Crippen LogP contribution is -2.48. The van der Waals surface area contributed by atoms with Crippen molar-refractivity contribution in [2.24, 2.45) is 0 Å². The number of carbonyl (C=O) groups excluding carboxylic acids is 2. The largest absolute Gasteiger partial charge is 0.457 e. The molecule has 32 heavy (non-hydrogen) atoms. The van der Waals surface area contributed by atoms with Crippen LogP contribution in [0.25, 0.3) is 0 Å². The van der Waals surface area contributed by atoms with E-state index >= 15 is 0 Å². The second-order valence-corrected chi connectivity index (χ2v) is 8.11. The lowest BCUT2D eigenvalue weighted by atomic mass is 10.0. The third-order valence-corrected chi connectivity index (χ3v) is 5.75. The molecule has 4 rings (SSSR count). The van der Waals surface area contributed by atoms with Gasteiger partial charge < -0.3 is 15.0 Å². The van der Waals surface area contributed by atoms with E-state index in [9.17, 15) is 9.59 Å². The fourth-order valence-electron chi connectivity index (χ4n) is 4.04. The van der Waals surface area contributed by atoms with E-state index in [2.05, 4.69) is 5.32 Å². The van der Waals surface area contributed by atoms with Gasteiger partial charge >= 0.3 is 0 Å². The van der Waals surface area contributed by atoms with Crippen LogP contribution >= 0.6 is 0 Å². The summed E-state index contributed by atoms with van der Waals surface area (Å²) in [6, 6.07) is 24.3. The SMILES string of the molecule is Cc1ccccc1C(=O)N(Cc1cccc(Oc2ccccc2)c1)C1CCCCNC1=O. The molecule has 164 valence electrons. The van der Waals surface area contributed by atoms with Crippen LogP contribution < -0.4 is 10.1 Å². The number of carbonyl (C=O) groups is 2. The van der Waals surface area contributed by atoms with Crippen LogP contribution in [-0.4, -0.2) is 29.3 Å². The van der Waals surface area contributed by atoms with Crippen LogP contribution in [0.4, 0.5) is 0 Å². The number of hydrogen-bond acceptors (Lipinski definition) is 3. The molecule has 0 saturated carbocycles. The summed E-state index contributed by atoms with van der Waals surface area (Å²) in [5, 5.41) is 2.97. The van der Waals surface area contributed by atoms with Crippen LogP contribution in [0.5, 0.6) is 11.5 Å². The third-order valence-electron chi connectivity index (χ3n) is 5.75. The van der Waals surface area contributed by atoms with Gasteiger partial charge in [-0.15, -0.1) is 0 Å². The van der Waals surface area contributed by atoms with E-state index in [0.717, 1.165) is 29.7 Å². The molecule has 0 aliphatic carbocycles. The summed E-state index contributed by atoms with van der Waals surface area (Å²) in [6.07, 6.45) is 2.48. The third kappa shape index (κ3) is 5.17. The highest BCUT2D eigenvalue weighted by molar-refractivity contribution is 5.98. The molecule has 1 N–H and O–H groups in total. The van der Waals surface area contributed by atoms with Crippen molar-refractivity contribution in [2.45, 2.75) is 38.8 Å². The van der Waals surface area contributed by atoms with Gasteiger partial charge in [0.1, 0.15) is 17.5 Å². The monoisotopic (exact) mass is 428 g/mol. The number of amides is 2. The molecule has 2 amide bonds. The normalized spacial score (nSPS) is 16.0. The highest BCUT2D eigenvalue weighted by Crippen LogP contribution is 2.25. The molecule has 1 unspecified atom stereocenters. The molecule has 1 saturated heterocycles. The van der Waals surface area contributed by atoms with Crippen LogP contribution in [0.1, 0.15) is 40.7 Å². The molecule has 5 nitrogen and oxygen atoms in total. The Labute approximate surface area is 189 Å². The first kappa shape index (κ1) is 21.6. The zero-order valence-corrected chi connectivity index (χ0v) is 18.3. The van der Waals surface area contributed by atoms with Gasteiger partial charge in [0, 0.05) is 18.7 Å². The summed E-state index contributed by atoms with van der Waals surface area (Å²) in [7, 11) is 0. The van der Waals surface area contributed by atoms with Crippen LogP contribution in [0.2, 0.25) is 0 Å². The maximum absolute atomic E-state index is 13.6. The Balaban J connectivity index is 1.63. The number of nitrogens with one attached hydrogen (secondary N) is 1. The Morgan fingerprint density at radius 1 is 0.969 bits per heavy atom. The Hall–Kier alpha value is -3.60. The van der Waals surface area contributed by atoms with Gasteiger partial charge in [-0.1, -0.05) is 48.5 Å². The smallest absolute Gasteiger partial charge is 0.255 e. The molecular weight excluding hydrogens is 400 g/mol. The average molecular weight is 429 g/mol. The van der Waals surface area contributed by atoms with Gasteiger partial charge in [0.05, 0.1) is 0 Å². The predicted molar refractivity (Wildman–Crippen MR) is 125 cm³/mol. The highest BCUT2D eigenvalue weighted by Gasteiger charge is 2.32. The fraction of sp³-hybridized carbons (Fsp3) is 0.259. The van der Waals surface area contributed by atoms with Gasteiger partial charge in [-0.2, -0.15) is 0 Å². The standard InChI is InChI=1S/C27H28N2O3/c1-20-10-5-6-15-24(20)27(31)29(25-16-7-8-17-28-26(25)30)19-21-11-9-14-23(18-21)32-22-12-3-2-4-13-22/h2-6,9-15,18,25H,7-8,16-17,19H2,1H3,(H,28,30). The number of rotatable bonds is 6. The van der Waals surface area contributed by atoms with Gasteiger partial charge in [-0.05, 0) is 67.6 Å². The number of ether oxygens (including phenoxy) is 1. The van der Waals surface area contributed by atoms with Crippen molar-refractivity contribution in [2.75, 3.05) is 6.54 Å². The number of hydrogen-bond donors (Lipinski definition) is 1. The topological polar surface area (TPSA) is 58.6 Å². The van der Waals surface area contributed by atoms with Gasteiger partial charge in [0.2, 0.25) is 5.91 Å². The Kier molecular flexibility index (Phi) is 6.85. The van der Waals surface area contributed by atoms with Crippen molar-refractivity contribution in [3.8, 4) is 11.5 Å². The quantitative estimate of drug-likeness (QED) is 0.594. The molecule has 1 heterocycles. The van der Waals surface area contributed by atoms with Crippen molar-refractivity contribution < 1.29 is 14.3 Å². The van der Waals surface area contributed by atoms with Crippen LogP contribution in [0, 0.1) is 6.92 Å².